The molecule has 6 heteroatoms. The minimum Gasteiger partial charge on any atom is -0.454 e. The summed E-state index contributed by atoms with van der Waals surface area (Å²) in [6.45, 7) is 1.79. The maximum Gasteiger partial charge on any atom is 0.306 e. The molecule has 0 aliphatic carbocycles. The highest BCUT2D eigenvalue weighted by Crippen LogP contribution is 2.35. The van der Waals surface area contributed by atoms with Gasteiger partial charge in [-0.15, -0.1) is 0 Å². The molecule has 2 aliphatic rings. The monoisotopic (exact) mass is 392 g/mol. The maximum atomic E-state index is 12.6. The normalized spacial score (nSPS) is 17.9. The van der Waals surface area contributed by atoms with Gasteiger partial charge >= 0.3 is 5.97 Å². The van der Waals surface area contributed by atoms with Crippen LogP contribution in [0.5, 0.6) is 0 Å². The van der Waals surface area contributed by atoms with E-state index in [0.717, 1.165) is 31.5 Å². The van der Waals surface area contributed by atoms with Crippen LogP contribution in [0.1, 0.15) is 52.0 Å². The summed E-state index contributed by atoms with van der Waals surface area (Å²) in [4.78, 5) is 38.7. The molecule has 6 nitrogen and oxygen atoms in total. The van der Waals surface area contributed by atoms with Gasteiger partial charge in [0, 0.05) is 25.8 Å². The van der Waals surface area contributed by atoms with Gasteiger partial charge in [0.05, 0.1) is 11.1 Å². The molecule has 4 rings (SSSR count). The molecule has 2 amide bonds. The summed E-state index contributed by atoms with van der Waals surface area (Å²) in [6.07, 6.45) is 1.99. The third-order valence-corrected chi connectivity index (χ3v) is 5.66. The van der Waals surface area contributed by atoms with Gasteiger partial charge in [0.15, 0.2) is 0 Å². The van der Waals surface area contributed by atoms with Crippen molar-refractivity contribution >= 4 is 17.8 Å². The van der Waals surface area contributed by atoms with Crippen molar-refractivity contribution in [2.75, 3.05) is 19.6 Å². The molecule has 1 fully saturated rings. The first-order chi connectivity index (χ1) is 14.1. The van der Waals surface area contributed by atoms with Crippen molar-refractivity contribution in [3.8, 4) is 0 Å². The number of piperidine rings is 1. The predicted octanol–water partition coefficient (Wildman–Crippen LogP) is 2.88. The number of imide groups is 1. The number of carbonyl (C=O) groups is 3. The van der Waals surface area contributed by atoms with Gasteiger partial charge in [-0.3, -0.25) is 19.3 Å². The highest BCUT2D eigenvalue weighted by molar-refractivity contribution is 6.21. The number of benzene rings is 2. The number of esters is 1. The molecule has 1 saturated heterocycles. The zero-order valence-electron chi connectivity index (χ0n) is 16.2. The molecule has 0 bridgehead atoms. The van der Waals surface area contributed by atoms with Crippen LogP contribution in [-0.2, 0) is 15.1 Å². The van der Waals surface area contributed by atoms with E-state index in [0.29, 0.717) is 17.5 Å². The fourth-order valence-electron chi connectivity index (χ4n) is 4.11. The topological polar surface area (TPSA) is 75.7 Å². The Bertz CT molecular complexity index is 884. The van der Waals surface area contributed by atoms with Crippen LogP contribution in [0.3, 0.4) is 0 Å². The summed E-state index contributed by atoms with van der Waals surface area (Å²) in [7, 11) is 0. The first-order valence-corrected chi connectivity index (χ1v) is 10.0. The Kier molecular flexibility index (Phi) is 5.45. The zero-order chi connectivity index (χ0) is 20.3. The summed E-state index contributed by atoms with van der Waals surface area (Å²) in [5, 5.41) is 3.31. The van der Waals surface area contributed by atoms with Crippen LogP contribution < -0.4 is 5.32 Å². The lowest BCUT2D eigenvalue weighted by Gasteiger charge is -2.37. The average Bonchev–Trinajstić information content (AvgIpc) is 3.00. The van der Waals surface area contributed by atoms with Crippen LogP contribution >= 0.6 is 0 Å². The predicted molar refractivity (Wildman–Crippen MR) is 107 cm³/mol. The Morgan fingerprint density at radius 3 is 2.14 bits per heavy atom. The van der Waals surface area contributed by atoms with Gasteiger partial charge in [0.2, 0.25) is 0 Å². The fourth-order valence-corrected chi connectivity index (χ4v) is 4.11. The van der Waals surface area contributed by atoms with E-state index in [1.165, 1.54) is 4.90 Å². The van der Waals surface area contributed by atoms with Gasteiger partial charge in [0.25, 0.3) is 11.8 Å². The van der Waals surface area contributed by atoms with Crippen molar-refractivity contribution in [1.29, 1.82) is 0 Å². The van der Waals surface area contributed by atoms with Crippen molar-refractivity contribution in [3.05, 3.63) is 71.3 Å². The lowest BCUT2D eigenvalue weighted by Crippen LogP contribution is -2.43. The van der Waals surface area contributed by atoms with E-state index in [2.05, 4.69) is 5.32 Å². The van der Waals surface area contributed by atoms with Crippen molar-refractivity contribution < 1.29 is 19.1 Å². The summed E-state index contributed by atoms with van der Waals surface area (Å²) >= 11 is 0. The van der Waals surface area contributed by atoms with E-state index in [9.17, 15) is 14.4 Å². The SMILES string of the molecule is O=C(CCCN1C(=O)c2ccccc2C1=O)OC1(c2ccccc2)CCNCC1. The molecule has 150 valence electrons. The van der Waals surface area contributed by atoms with E-state index in [-0.39, 0.29) is 30.7 Å². The number of amides is 2. The highest BCUT2D eigenvalue weighted by atomic mass is 16.6. The van der Waals surface area contributed by atoms with Crippen molar-refractivity contribution in [1.82, 2.24) is 10.2 Å². The lowest BCUT2D eigenvalue weighted by atomic mass is 9.84. The van der Waals surface area contributed by atoms with Crippen LogP contribution in [0.15, 0.2) is 54.6 Å². The maximum absolute atomic E-state index is 12.6. The average molecular weight is 392 g/mol. The molecule has 0 saturated carbocycles. The Morgan fingerprint density at radius 1 is 0.931 bits per heavy atom. The molecular formula is C23H24N2O4. The third kappa shape index (κ3) is 3.80. The second kappa shape index (κ2) is 8.17. The standard InChI is InChI=1S/C23H24N2O4/c26-20(29-23(12-14-24-15-13-23)17-7-2-1-3-8-17)11-6-16-25-21(27)18-9-4-5-10-19(18)22(25)28/h1-5,7-10,24H,6,11-16H2. The van der Waals surface area contributed by atoms with E-state index in [4.69, 9.17) is 4.74 Å². The van der Waals surface area contributed by atoms with Crippen LogP contribution in [0.4, 0.5) is 0 Å². The van der Waals surface area contributed by atoms with Crippen LogP contribution in [-0.4, -0.2) is 42.3 Å². The minimum absolute atomic E-state index is 0.162. The third-order valence-electron chi connectivity index (χ3n) is 5.66. The number of fused-ring (bicyclic) bond motifs is 1. The van der Waals surface area contributed by atoms with E-state index in [1.807, 2.05) is 30.3 Å². The van der Waals surface area contributed by atoms with Gasteiger partial charge in [-0.25, -0.2) is 0 Å². The highest BCUT2D eigenvalue weighted by Gasteiger charge is 2.38. The first kappa shape index (κ1) is 19.3. The summed E-state index contributed by atoms with van der Waals surface area (Å²) in [5.74, 6) is -0.886. The molecule has 0 spiro atoms. The number of nitrogens with zero attached hydrogens (tertiary/aromatic N) is 1. The van der Waals surface area contributed by atoms with Gasteiger partial charge in [-0.05, 0) is 37.2 Å². The molecule has 0 radical (unpaired) electrons. The molecule has 2 aromatic rings. The molecule has 2 aliphatic heterocycles. The van der Waals surface area contributed by atoms with Crippen LogP contribution in [0.25, 0.3) is 0 Å². The molecule has 2 aromatic carbocycles. The zero-order valence-corrected chi connectivity index (χ0v) is 16.2. The van der Waals surface area contributed by atoms with E-state index in [1.54, 1.807) is 24.3 Å². The van der Waals surface area contributed by atoms with Crippen molar-refractivity contribution in [2.45, 2.75) is 31.3 Å². The van der Waals surface area contributed by atoms with E-state index < -0.39 is 5.60 Å². The Labute approximate surface area is 169 Å². The van der Waals surface area contributed by atoms with Crippen molar-refractivity contribution in [3.63, 3.8) is 0 Å². The number of hydrogen-bond donors (Lipinski definition) is 1. The van der Waals surface area contributed by atoms with E-state index >= 15 is 0 Å². The molecule has 0 atom stereocenters. The number of hydrogen-bond acceptors (Lipinski definition) is 5. The molecule has 0 unspecified atom stereocenters. The molecule has 0 aromatic heterocycles. The quantitative estimate of drug-likeness (QED) is 0.604. The molecular weight excluding hydrogens is 368 g/mol. The number of nitrogens with one attached hydrogen (secondary N) is 1. The van der Waals surface area contributed by atoms with Crippen LogP contribution in [0.2, 0.25) is 0 Å². The number of carbonyl (C=O) groups excluding carboxylic acids is 3. The van der Waals surface area contributed by atoms with Crippen molar-refractivity contribution in [2.24, 2.45) is 0 Å². The first-order valence-electron chi connectivity index (χ1n) is 10.0. The molecule has 1 N–H and O–H groups in total. The van der Waals surface area contributed by atoms with Gasteiger partial charge in [-0.2, -0.15) is 0 Å². The summed E-state index contributed by atoms with van der Waals surface area (Å²) in [5.41, 5.74) is 1.25. The van der Waals surface area contributed by atoms with Gasteiger partial charge in [-0.1, -0.05) is 42.5 Å². The Hall–Kier alpha value is -2.99. The lowest BCUT2D eigenvalue weighted by molar-refractivity contribution is -0.164. The smallest absolute Gasteiger partial charge is 0.306 e. The minimum atomic E-state index is -0.612. The molecule has 2 heterocycles. The van der Waals surface area contributed by atoms with Crippen LogP contribution in [0, 0.1) is 0 Å². The van der Waals surface area contributed by atoms with Gasteiger partial charge < -0.3 is 10.1 Å². The Morgan fingerprint density at radius 2 is 1.52 bits per heavy atom. The van der Waals surface area contributed by atoms with Gasteiger partial charge in [0.1, 0.15) is 5.60 Å². The second-order valence-electron chi connectivity index (χ2n) is 7.50. The number of ether oxygens (including phenoxy) is 1. The largest absolute Gasteiger partial charge is 0.454 e. The number of rotatable bonds is 6. The Balaban J connectivity index is 1.36. The second-order valence-corrected chi connectivity index (χ2v) is 7.50. The summed E-state index contributed by atoms with van der Waals surface area (Å²) in [6, 6.07) is 16.6. The fraction of sp³-hybridized carbons (Fsp3) is 0.348. The molecule has 29 heavy (non-hydrogen) atoms. The summed E-state index contributed by atoms with van der Waals surface area (Å²) < 4.78 is 5.98.